The number of hydrogen-bond donors (Lipinski definition) is 1. The van der Waals surface area contributed by atoms with Crippen LogP contribution in [0.1, 0.15) is 5.56 Å². The van der Waals surface area contributed by atoms with E-state index in [9.17, 15) is 0 Å². The highest BCUT2D eigenvalue weighted by atomic mass is 35.5. The Labute approximate surface area is 103 Å². The number of anilines is 1. The summed E-state index contributed by atoms with van der Waals surface area (Å²) in [6.07, 6.45) is 3.43. The van der Waals surface area contributed by atoms with Crippen LogP contribution in [0.25, 0.3) is 0 Å². The second kappa shape index (κ2) is 5.18. The van der Waals surface area contributed by atoms with Gasteiger partial charge in [-0.05, 0) is 29.8 Å². The minimum Gasteiger partial charge on any atom is -0.397 e. The fraction of sp³-hybridized carbons (Fsp3) is 0.0909. The van der Waals surface area contributed by atoms with E-state index >= 15 is 0 Å². The molecule has 2 N–H and O–H groups in total. The molecule has 16 heavy (non-hydrogen) atoms. The fourth-order valence-corrected chi connectivity index (χ4v) is 2.26. The van der Waals surface area contributed by atoms with E-state index in [0.717, 1.165) is 16.3 Å². The van der Waals surface area contributed by atoms with Crippen LogP contribution in [0.2, 0.25) is 5.15 Å². The third-order valence-electron chi connectivity index (χ3n) is 1.97. The van der Waals surface area contributed by atoms with Crippen LogP contribution in [-0.2, 0) is 5.75 Å². The third kappa shape index (κ3) is 2.87. The lowest BCUT2D eigenvalue weighted by molar-refractivity contribution is 1.14. The van der Waals surface area contributed by atoms with E-state index in [0.29, 0.717) is 10.8 Å². The van der Waals surface area contributed by atoms with Gasteiger partial charge < -0.3 is 5.73 Å². The number of rotatable bonds is 3. The summed E-state index contributed by atoms with van der Waals surface area (Å²) in [5.74, 6) is 0.781. The molecule has 5 heteroatoms. The van der Waals surface area contributed by atoms with E-state index in [1.807, 2.05) is 24.3 Å². The topological polar surface area (TPSA) is 51.8 Å². The average molecular weight is 252 g/mol. The Bertz CT molecular complexity index is 490. The molecule has 2 aromatic rings. The van der Waals surface area contributed by atoms with Crippen molar-refractivity contribution in [2.75, 3.05) is 5.73 Å². The molecule has 0 atom stereocenters. The first-order valence-corrected chi connectivity index (χ1v) is 6.06. The molecule has 0 radical (unpaired) electrons. The highest BCUT2D eigenvalue weighted by molar-refractivity contribution is 7.98. The first kappa shape index (κ1) is 11.2. The predicted molar refractivity (Wildman–Crippen MR) is 67.5 cm³/mol. The summed E-state index contributed by atoms with van der Waals surface area (Å²) in [6, 6.07) is 7.43. The van der Waals surface area contributed by atoms with Crippen molar-refractivity contribution in [1.82, 2.24) is 9.97 Å². The molecule has 0 saturated heterocycles. The zero-order valence-electron chi connectivity index (χ0n) is 8.43. The first-order valence-electron chi connectivity index (χ1n) is 4.69. The lowest BCUT2D eigenvalue weighted by Crippen LogP contribution is -1.91. The Hall–Kier alpha value is -1.26. The van der Waals surface area contributed by atoms with Crippen LogP contribution >= 0.6 is 23.4 Å². The molecule has 82 valence electrons. The Balaban J connectivity index is 2.05. The van der Waals surface area contributed by atoms with Crippen molar-refractivity contribution >= 4 is 29.1 Å². The minimum atomic E-state index is 0.507. The lowest BCUT2D eigenvalue weighted by Gasteiger charge is -2.03. The highest BCUT2D eigenvalue weighted by Gasteiger charge is 2.01. The SMILES string of the molecule is Nc1cccnc1SCc1ccnc(Cl)c1. The van der Waals surface area contributed by atoms with Crippen LogP contribution in [0.3, 0.4) is 0 Å². The summed E-state index contributed by atoms with van der Waals surface area (Å²) in [7, 11) is 0. The van der Waals surface area contributed by atoms with Gasteiger partial charge in [-0.2, -0.15) is 0 Å². The van der Waals surface area contributed by atoms with Crippen LogP contribution in [0.5, 0.6) is 0 Å². The second-order valence-corrected chi connectivity index (χ2v) is 4.52. The minimum absolute atomic E-state index is 0.507. The number of nitrogens with two attached hydrogens (primary N) is 1. The number of halogens is 1. The molecule has 0 bridgehead atoms. The van der Waals surface area contributed by atoms with Crippen LogP contribution in [0.4, 0.5) is 5.69 Å². The molecule has 0 aliphatic carbocycles. The molecule has 2 rings (SSSR count). The smallest absolute Gasteiger partial charge is 0.129 e. The fourth-order valence-electron chi connectivity index (χ4n) is 1.21. The van der Waals surface area contributed by atoms with Crippen LogP contribution < -0.4 is 5.73 Å². The largest absolute Gasteiger partial charge is 0.397 e. The van der Waals surface area contributed by atoms with Gasteiger partial charge in [-0.25, -0.2) is 9.97 Å². The van der Waals surface area contributed by atoms with Crippen molar-refractivity contribution < 1.29 is 0 Å². The Morgan fingerprint density at radius 1 is 1.25 bits per heavy atom. The molecular formula is C11H10ClN3S. The normalized spacial score (nSPS) is 10.3. The van der Waals surface area contributed by atoms with Crippen LogP contribution in [-0.4, -0.2) is 9.97 Å². The van der Waals surface area contributed by atoms with Crippen molar-refractivity contribution in [3.63, 3.8) is 0 Å². The lowest BCUT2D eigenvalue weighted by atomic mass is 10.3. The molecule has 0 saturated carbocycles. The van der Waals surface area contributed by atoms with Crippen molar-refractivity contribution in [3.05, 3.63) is 47.4 Å². The molecule has 3 nitrogen and oxygen atoms in total. The number of hydrogen-bond acceptors (Lipinski definition) is 4. The Morgan fingerprint density at radius 2 is 2.12 bits per heavy atom. The molecule has 0 fully saturated rings. The quantitative estimate of drug-likeness (QED) is 0.673. The second-order valence-electron chi connectivity index (χ2n) is 3.17. The summed E-state index contributed by atoms with van der Waals surface area (Å²) in [5, 5.41) is 1.35. The van der Waals surface area contributed by atoms with Gasteiger partial charge in [0, 0.05) is 18.1 Å². The zero-order chi connectivity index (χ0) is 11.4. The summed E-state index contributed by atoms with van der Waals surface area (Å²) in [6.45, 7) is 0. The van der Waals surface area contributed by atoms with Gasteiger partial charge in [-0.15, -0.1) is 0 Å². The first-order chi connectivity index (χ1) is 7.75. The van der Waals surface area contributed by atoms with Crippen LogP contribution in [0, 0.1) is 0 Å². The van der Waals surface area contributed by atoms with Gasteiger partial charge >= 0.3 is 0 Å². The molecule has 2 aromatic heterocycles. The van der Waals surface area contributed by atoms with Gasteiger partial charge in [-0.3, -0.25) is 0 Å². The molecular weight excluding hydrogens is 242 g/mol. The number of nitrogens with zero attached hydrogens (tertiary/aromatic N) is 2. The monoisotopic (exact) mass is 251 g/mol. The van der Waals surface area contributed by atoms with Crippen molar-refractivity contribution in [2.45, 2.75) is 10.8 Å². The maximum Gasteiger partial charge on any atom is 0.129 e. The van der Waals surface area contributed by atoms with Gasteiger partial charge in [0.25, 0.3) is 0 Å². The van der Waals surface area contributed by atoms with E-state index in [-0.39, 0.29) is 0 Å². The van der Waals surface area contributed by atoms with Crippen molar-refractivity contribution in [3.8, 4) is 0 Å². The summed E-state index contributed by atoms with van der Waals surface area (Å²) >= 11 is 7.38. The van der Waals surface area contributed by atoms with Crippen LogP contribution in [0.15, 0.2) is 41.7 Å². The maximum absolute atomic E-state index is 5.80. The van der Waals surface area contributed by atoms with E-state index in [2.05, 4.69) is 9.97 Å². The molecule has 0 amide bonds. The third-order valence-corrected chi connectivity index (χ3v) is 3.27. The van der Waals surface area contributed by atoms with E-state index in [4.69, 9.17) is 17.3 Å². The average Bonchev–Trinajstić information content (AvgIpc) is 2.28. The molecule has 0 aromatic carbocycles. The zero-order valence-corrected chi connectivity index (χ0v) is 10.0. The van der Waals surface area contributed by atoms with Gasteiger partial charge in [0.2, 0.25) is 0 Å². The molecule has 0 spiro atoms. The number of pyridine rings is 2. The van der Waals surface area contributed by atoms with Crippen molar-refractivity contribution in [1.29, 1.82) is 0 Å². The molecule has 0 aliphatic rings. The number of thioether (sulfide) groups is 1. The summed E-state index contributed by atoms with van der Waals surface area (Å²) in [4.78, 5) is 8.13. The van der Waals surface area contributed by atoms with Crippen molar-refractivity contribution in [2.24, 2.45) is 0 Å². The summed E-state index contributed by atoms with van der Waals surface area (Å²) in [5.41, 5.74) is 7.60. The molecule has 0 aliphatic heterocycles. The Morgan fingerprint density at radius 3 is 2.88 bits per heavy atom. The number of nitrogen functional groups attached to an aromatic ring is 1. The predicted octanol–water partition coefficient (Wildman–Crippen LogP) is 3.00. The molecule has 2 heterocycles. The van der Waals surface area contributed by atoms with E-state index in [1.165, 1.54) is 0 Å². The summed E-state index contributed by atoms with van der Waals surface area (Å²) < 4.78 is 0. The van der Waals surface area contributed by atoms with Gasteiger partial charge in [0.15, 0.2) is 0 Å². The maximum atomic E-state index is 5.80. The number of aromatic nitrogens is 2. The van der Waals surface area contributed by atoms with Gasteiger partial charge in [0.1, 0.15) is 10.2 Å². The van der Waals surface area contributed by atoms with Gasteiger partial charge in [0.05, 0.1) is 5.69 Å². The van der Waals surface area contributed by atoms with E-state index in [1.54, 1.807) is 24.2 Å². The standard InChI is InChI=1S/C11H10ClN3S/c12-10-6-8(3-5-14-10)7-16-11-9(13)2-1-4-15-11/h1-6H,7,13H2. The molecule has 0 unspecified atom stereocenters. The van der Waals surface area contributed by atoms with E-state index < -0.39 is 0 Å². The Kier molecular flexibility index (Phi) is 3.64. The highest BCUT2D eigenvalue weighted by Crippen LogP contribution is 2.25. The van der Waals surface area contributed by atoms with Gasteiger partial charge in [-0.1, -0.05) is 23.4 Å².